The topological polar surface area (TPSA) is 126 Å². The third-order valence-corrected chi connectivity index (χ3v) is 4.83. The second-order valence-corrected chi connectivity index (χ2v) is 7.40. The molecule has 0 fully saturated rings. The highest BCUT2D eigenvalue weighted by atomic mass is 16.5. The van der Waals surface area contributed by atoms with E-state index in [9.17, 15) is 15.0 Å². The van der Waals surface area contributed by atoms with E-state index in [2.05, 4.69) is 15.1 Å². The van der Waals surface area contributed by atoms with Crippen LogP contribution in [0.4, 0.5) is 0 Å². The summed E-state index contributed by atoms with van der Waals surface area (Å²) in [6, 6.07) is 6.13. The first-order valence-electron chi connectivity index (χ1n) is 9.64. The molecule has 4 aromatic rings. The molecule has 0 saturated carbocycles. The Morgan fingerprint density at radius 3 is 2.65 bits per heavy atom. The molecular formula is C22H22N4O5. The van der Waals surface area contributed by atoms with Crippen LogP contribution in [-0.2, 0) is 0 Å². The monoisotopic (exact) mass is 422 g/mol. The summed E-state index contributed by atoms with van der Waals surface area (Å²) in [6.45, 7) is 5.65. The molecule has 0 atom stereocenters. The highest BCUT2D eigenvalue weighted by molar-refractivity contribution is 5.82. The van der Waals surface area contributed by atoms with Crippen LogP contribution in [0, 0.1) is 6.92 Å². The van der Waals surface area contributed by atoms with E-state index in [1.165, 1.54) is 19.2 Å². The zero-order chi connectivity index (χ0) is 22.3. The van der Waals surface area contributed by atoms with E-state index in [1.54, 1.807) is 29.9 Å². The molecule has 0 saturated heterocycles. The molecule has 3 N–H and O–H groups in total. The second kappa shape index (κ2) is 7.67. The number of aryl methyl sites for hydroxylation is 1. The summed E-state index contributed by atoms with van der Waals surface area (Å²) in [6.07, 6.45) is 3.52. The van der Waals surface area contributed by atoms with Crippen LogP contribution in [0.5, 0.6) is 17.2 Å². The van der Waals surface area contributed by atoms with Gasteiger partial charge in [0.15, 0.2) is 17.3 Å². The smallest absolute Gasteiger partial charge is 0.227 e. The second-order valence-electron chi connectivity index (χ2n) is 7.40. The molecule has 3 aromatic heterocycles. The number of methoxy groups -OCH3 is 1. The van der Waals surface area contributed by atoms with Crippen molar-refractivity contribution in [3.05, 3.63) is 52.6 Å². The number of aromatic amines is 1. The summed E-state index contributed by atoms with van der Waals surface area (Å²) in [5.41, 5.74) is 1.48. The van der Waals surface area contributed by atoms with Gasteiger partial charge in [-0.25, -0.2) is 4.98 Å². The first kappa shape index (κ1) is 20.3. The Labute approximate surface area is 177 Å². The van der Waals surface area contributed by atoms with Gasteiger partial charge in [0.1, 0.15) is 23.0 Å². The van der Waals surface area contributed by atoms with Gasteiger partial charge in [-0.05, 0) is 39.0 Å². The third kappa shape index (κ3) is 3.65. The summed E-state index contributed by atoms with van der Waals surface area (Å²) in [4.78, 5) is 20.0. The fraction of sp³-hybridized carbons (Fsp3) is 0.227. The van der Waals surface area contributed by atoms with Gasteiger partial charge in [0.25, 0.3) is 0 Å². The van der Waals surface area contributed by atoms with E-state index < -0.39 is 11.2 Å². The molecule has 31 heavy (non-hydrogen) atoms. The lowest BCUT2D eigenvalue weighted by molar-refractivity contribution is 0.373. The molecule has 4 rings (SSSR count). The number of phenols is 1. The number of hydrogen-bond donors (Lipinski definition) is 3. The van der Waals surface area contributed by atoms with Gasteiger partial charge in [-0.2, -0.15) is 5.10 Å². The number of H-pyrrole nitrogens is 1. The van der Waals surface area contributed by atoms with Crippen molar-refractivity contribution < 1.29 is 19.4 Å². The van der Waals surface area contributed by atoms with Crippen LogP contribution in [0.3, 0.4) is 0 Å². The normalized spacial score (nSPS) is 11.3. The van der Waals surface area contributed by atoms with E-state index in [0.29, 0.717) is 28.5 Å². The first-order chi connectivity index (χ1) is 14.8. The maximum absolute atomic E-state index is 12.2. The lowest BCUT2D eigenvalue weighted by Crippen LogP contribution is -2.01. The number of imidazole rings is 1. The molecule has 160 valence electrons. The predicted molar refractivity (Wildman–Crippen MR) is 114 cm³/mol. The fourth-order valence-corrected chi connectivity index (χ4v) is 3.22. The molecule has 9 nitrogen and oxygen atoms in total. The van der Waals surface area contributed by atoms with Crippen LogP contribution in [0.1, 0.15) is 25.6 Å². The Hall–Kier alpha value is -4.01. The van der Waals surface area contributed by atoms with Crippen LogP contribution in [-0.4, -0.2) is 37.1 Å². The van der Waals surface area contributed by atoms with E-state index >= 15 is 0 Å². The number of aromatic hydroxyl groups is 2. The zero-order valence-electron chi connectivity index (χ0n) is 17.5. The van der Waals surface area contributed by atoms with E-state index in [0.717, 1.165) is 5.56 Å². The van der Waals surface area contributed by atoms with Crippen molar-refractivity contribution >= 4 is 0 Å². The largest absolute Gasteiger partial charge is 0.504 e. The molecule has 0 radical (unpaired) electrons. The molecular weight excluding hydrogens is 400 g/mol. The van der Waals surface area contributed by atoms with Crippen LogP contribution in [0.15, 0.2) is 45.9 Å². The average Bonchev–Trinajstić information content (AvgIpc) is 3.38. The lowest BCUT2D eigenvalue weighted by Gasteiger charge is -2.08. The van der Waals surface area contributed by atoms with Gasteiger partial charge in [-0.1, -0.05) is 0 Å². The Bertz CT molecular complexity index is 1320. The molecule has 3 heterocycles. The summed E-state index contributed by atoms with van der Waals surface area (Å²) in [7, 11) is 1.45. The minimum atomic E-state index is -0.559. The lowest BCUT2D eigenvalue weighted by atomic mass is 10.1. The number of hydrogen-bond acceptors (Lipinski definition) is 7. The number of benzene rings is 1. The Morgan fingerprint density at radius 1 is 1.19 bits per heavy atom. The van der Waals surface area contributed by atoms with Gasteiger partial charge in [0.2, 0.25) is 11.2 Å². The summed E-state index contributed by atoms with van der Waals surface area (Å²) in [5, 5.41) is 24.7. The number of aromatic nitrogens is 4. The first-order valence-corrected chi connectivity index (χ1v) is 9.64. The Balaban J connectivity index is 1.96. The van der Waals surface area contributed by atoms with Crippen LogP contribution in [0.2, 0.25) is 0 Å². The quantitative estimate of drug-likeness (QED) is 0.446. The molecule has 0 aliphatic rings. The van der Waals surface area contributed by atoms with E-state index in [-0.39, 0.29) is 23.3 Å². The molecule has 9 heteroatoms. The fourth-order valence-electron chi connectivity index (χ4n) is 3.22. The zero-order valence-corrected chi connectivity index (χ0v) is 17.5. The van der Waals surface area contributed by atoms with Crippen molar-refractivity contribution in [2.45, 2.75) is 26.8 Å². The molecule has 0 amide bonds. The standard InChI is InChI=1S/C22H22N4O5/c1-11(2)26-10-14(9-23-26)22-24-18(13-5-6-15(27)17(8-13)30-4)19(25-22)21-20(29)16(28)7-12(3)31-21/h5-11,27,29H,1-4H3,(H,24,25). The minimum Gasteiger partial charge on any atom is -0.504 e. The molecule has 0 spiro atoms. The summed E-state index contributed by atoms with van der Waals surface area (Å²) in [5.74, 6) is 0.512. The van der Waals surface area contributed by atoms with Crippen LogP contribution >= 0.6 is 0 Å². The number of phenolic OH excluding ortho intramolecular Hbond substituents is 1. The summed E-state index contributed by atoms with van der Waals surface area (Å²) >= 11 is 0. The molecule has 1 aromatic carbocycles. The van der Waals surface area contributed by atoms with Gasteiger partial charge >= 0.3 is 0 Å². The van der Waals surface area contributed by atoms with Crippen molar-refractivity contribution in [1.82, 2.24) is 19.7 Å². The van der Waals surface area contributed by atoms with Crippen molar-refractivity contribution in [2.75, 3.05) is 7.11 Å². The van der Waals surface area contributed by atoms with Crippen LogP contribution < -0.4 is 10.2 Å². The van der Waals surface area contributed by atoms with Gasteiger partial charge in [0.05, 0.1) is 18.9 Å². The third-order valence-electron chi connectivity index (χ3n) is 4.83. The van der Waals surface area contributed by atoms with Crippen molar-refractivity contribution in [1.29, 1.82) is 0 Å². The highest BCUT2D eigenvalue weighted by Gasteiger charge is 2.23. The minimum absolute atomic E-state index is 0.0216. The average molecular weight is 422 g/mol. The van der Waals surface area contributed by atoms with E-state index in [1.807, 2.05) is 20.0 Å². The SMILES string of the molecule is COc1cc(-c2nc(-c3cnn(C(C)C)c3)[nH]c2-c2oc(C)cc(=O)c2O)ccc1O. The highest BCUT2D eigenvalue weighted by Crippen LogP contribution is 2.39. The number of rotatable bonds is 5. The molecule has 0 aliphatic carbocycles. The van der Waals surface area contributed by atoms with Gasteiger partial charge in [-0.15, -0.1) is 0 Å². The molecule has 0 bridgehead atoms. The van der Waals surface area contributed by atoms with E-state index in [4.69, 9.17) is 9.15 Å². The van der Waals surface area contributed by atoms with Crippen molar-refractivity contribution in [3.63, 3.8) is 0 Å². The molecule has 0 unspecified atom stereocenters. The Morgan fingerprint density at radius 2 is 1.97 bits per heavy atom. The maximum Gasteiger partial charge on any atom is 0.227 e. The van der Waals surface area contributed by atoms with Crippen LogP contribution in [0.25, 0.3) is 34.1 Å². The predicted octanol–water partition coefficient (Wildman–Crippen LogP) is 3.87. The van der Waals surface area contributed by atoms with Gasteiger partial charge in [0, 0.05) is 23.9 Å². The van der Waals surface area contributed by atoms with Gasteiger partial charge < -0.3 is 24.4 Å². The number of nitrogens with zero attached hydrogens (tertiary/aromatic N) is 3. The Kier molecular flexibility index (Phi) is 5.02. The number of nitrogens with one attached hydrogen (secondary N) is 1. The van der Waals surface area contributed by atoms with Crippen molar-refractivity contribution in [3.8, 4) is 51.3 Å². The maximum atomic E-state index is 12.2. The number of ether oxygens (including phenoxy) is 1. The van der Waals surface area contributed by atoms with Gasteiger partial charge in [-0.3, -0.25) is 9.48 Å². The molecule has 0 aliphatic heterocycles. The summed E-state index contributed by atoms with van der Waals surface area (Å²) < 4.78 is 12.7. The van der Waals surface area contributed by atoms with Crippen molar-refractivity contribution in [2.24, 2.45) is 0 Å².